The smallest absolute Gasteiger partial charge is 0.253 e. The van der Waals surface area contributed by atoms with E-state index < -0.39 is 0 Å². The molecule has 1 fully saturated rings. The quantitative estimate of drug-likeness (QED) is 0.548. The average Bonchev–Trinajstić information content (AvgIpc) is 3.34. The molecule has 0 unspecified atom stereocenters. The lowest BCUT2D eigenvalue weighted by Gasteiger charge is -2.31. The molecule has 0 N–H and O–H groups in total. The van der Waals surface area contributed by atoms with Crippen molar-refractivity contribution in [3.63, 3.8) is 0 Å². The van der Waals surface area contributed by atoms with Crippen molar-refractivity contribution < 1.29 is 23.5 Å². The van der Waals surface area contributed by atoms with E-state index in [1.165, 1.54) is 0 Å². The zero-order valence-electron chi connectivity index (χ0n) is 18.5. The predicted molar refractivity (Wildman–Crippen MR) is 118 cm³/mol. The number of hydrogen-bond donors (Lipinski definition) is 0. The molecule has 0 radical (unpaired) electrons. The van der Waals surface area contributed by atoms with E-state index in [0.717, 1.165) is 24.2 Å². The Hall–Kier alpha value is -3.55. The van der Waals surface area contributed by atoms with E-state index in [9.17, 15) is 4.79 Å². The van der Waals surface area contributed by atoms with Gasteiger partial charge in [0.1, 0.15) is 5.75 Å². The number of aromatic nitrogens is 2. The first-order valence-corrected chi connectivity index (χ1v) is 10.7. The summed E-state index contributed by atoms with van der Waals surface area (Å²) in [5.74, 6) is 3.01. The Balaban J connectivity index is 1.47. The number of methoxy groups -OCH3 is 2. The molecule has 0 spiro atoms. The number of ether oxygens (including phenoxy) is 3. The first-order valence-electron chi connectivity index (χ1n) is 10.7. The van der Waals surface area contributed by atoms with Crippen molar-refractivity contribution in [2.45, 2.75) is 25.7 Å². The molecule has 0 bridgehead atoms. The van der Waals surface area contributed by atoms with Crippen LogP contribution < -0.4 is 14.2 Å². The molecule has 1 atom stereocenters. The van der Waals surface area contributed by atoms with Gasteiger partial charge in [-0.3, -0.25) is 4.79 Å². The fourth-order valence-electron chi connectivity index (χ4n) is 3.90. The van der Waals surface area contributed by atoms with Crippen LogP contribution in [0.25, 0.3) is 11.4 Å². The number of piperidine rings is 1. The molecule has 1 aliphatic heterocycles. The Morgan fingerprint density at radius 1 is 1.12 bits per heavy atom. The van der Waals surface area contributed by atoms with Crippen LogP contribution in [0, 0.1) is 0 Å². The Morgan fingerprint density at radius 3 is 2.62 bits per heavy atom. The SMILES string of the molecule is CCOc1ccc(C(=O)N2CCC[C@@H](c3nc(-c4ccc(OC)c(OC)c4)no3)C2)cc1. The number of rotatable bonds is 7. The van der Waals surface area contributed by atoms with Gasteiger partial charge in [0, 0.05) is 24.2 Å². The van der Waals surface area contributed by atoms with Gasteiger partial charge in [-0.1, -0.05) is 5.16 Å². The molecule has 1 aromatic heterocycles. The lowest BCUT2D eigenvalue weighted by atomic mass is 9.97. The monoisotopic (exact) mass is 437 g/mol. The molecular weight excluding hydrogens is 410 g/mol. The highest BCUT2D eigenvalue weighted by Gasteiger charge is 2.29. The summed E-state index contributed by atoms with van der Waals surface area (Å²) in [7, 11) is 3.18. The van der Waals surface area contributed by atoms with Crippen molar-refractivity contribution in [2.75, 3.05) is 33.9 Å². The maximum Gasteiger partial charge on any atom is 0.253 e. The third-order valence-electron chi connectivity index (χ3n) is 5.55. The second-order valence-corrected chi connectivity index (χ2v) is 7.57. The molecule has 1 saturated heterocycles. The van der Waals surface area contributed by atoms with Gasteiger partial charge in [0.05, 0.1) is 26.7 Å². The molecule has 0 aliphatic carbocycles. The highest BCUT2D eigenvalue weighted by Crippen LogP contribution is 2.33. The Labute approximate surface area is 187 Å². The first-order chi connectivity index (χ1) is 15.6. The van der Waals surface area contributed by atoms with Crippen molar-refractivity contribution in [1.29, 1.82) is 0 Å². The Morgan fingerprint density at radius 2 is 1.91 bits per heavy atom. The standard InChI is InChI=1S/C24H27N3O5/c1-4-31-19-10-7-16(8-11-19)24(28)27-13-5-6-18(15-27)23-25-22(26-32-23)17-9-12-20(29-2)21(14-17)30-3/h7-12,14,18H,4-6,13,15H2,1-3H3/t18-/m1/s1. The number of nitrogens with zero attached hydrogens (tertiary/aromatic N) is 3. The minimum Gasteiger partial charge on any atom is -0.494 e. The van der Waals surface area contributed by atoms with Gasteiger partial charge in [-0.05, 0) is 62.2 Å². The van der Waals surface area contributed by atoms with E-state index in [1.807, 2.05) is 42.2 Å². The molecule has 168 valence electrons. The van der Waals surface area contributed by atoms with Crippen LogP contribution in [-0.2, 0) is 0 Å². The van der Waals surface area contributed by atoms with Crippen LogP contribution in [0.15, 0.2) is 47.0 Å². The molecule has 4 rings (SSSR count). The Bertz CT molecular complexity index is 1060. The van der Waals surface area contributed by atoms with Crippen LogP contribution in [0.1, 0.15) is 41.9 Å². The highest BCUT2D eigenvalue weighted by atomic mass is 16.5. The first kappa shape index (κ1) is 21.7. The summed E-state index contributed by atoms with van der Waals surface area (Å²) in [4.78, 5) is 19.5. The van der Waals surface area contributed by atoms with Gasteiger partial charge in [-0.2, -0.15) is 4.98 Å². The minimum atomic E-state index is -0.00297. The fourth-order valence-corrected chi connectivity index (χ4v) is 3.90. The van der Waals surface area contributed by atoms with E-state index >= 15 is 0 Å². The molecule has 8 nitrogen and oxygen atoms in total. The summed E-state index contributed by atoms with van der Waals surface area (Å²) >= 11 is 0. The lowest BCUT2D eigenvalue weighted by Crippen LogP contribution is -2.39. The normalized spacial score (nSPS) is 16.0. The minimum absolute atomic E-state index is 0.00243. The molecule has 2 heterocycles. The van der Waals surface area contributed by atoms with E-state index in [1.54, 1.807) is 26.4 Å². The number of amides is 1. The Kier molecular flexibility index (Phi) is 6.58. The fraction of sp³-hybridized carbons (Fsp3) is 0.375. The predicted octanol–water partition coefficient (Wildman–Crippen LogP) is 4.17. The molecule has 0 saturated carbocycles. The third kappa shape index (κ3) is 4.54. The van der Waals surface area contributed by atoms with Gasteiger partial charge in [0.15, 0.2) is 11.5 Å². The number of benzene rings is 2. The summed E-state index contributed by atoms with van der Waals surface area (Å²) in [6.07, 6.45) is 1.77. The van der Waals surface area contributed by atoms with E-state index in [0.29, 0.717) is 48.5 Å². The van der Waals surface area contributed by atoms with Crippen molar-refractivity contribution in [3.05, 3.63) is 53.9 Å². The third-order valence-corrected chi connectivity index (χ3v) is 5.55. The molecule has 1 aliphatic rings. The molecule has 3 aromatic rings. The van der Waals surface area contributed by atoms with Crippen molar-refractivity contribution in [3.8, 4) is 28.6 Å². The maximum absolute atomic E-state index is 13.0. The number of carbonyl (C=O) groups is 1. The van der Waals surface area contributed by atoms with Gasteiger partial charge in [0.25, 0.3) is 5.91 Å². The van der Waals surface area contributed by atoms with Crippen molar-refractivity contribution in [1.82, 2.24) is 15.0 Å². The second kappa shape index (κ2) is 9.72. The highest BCUT2D eigenvalue weighted by molar-refractivity contribution is 5.94. The number of likely N-dealkylation sites (tertiary alicyclic amines) is 1. The summed E-state index contributed by atoms with van der Waals surface area (Å²) in [5.41, 5.74) is 1.42. The molecular formula is C24H27N3O5. The molecule has 32 heavy (non-hydrogen) atoms. The molecule has 8 heteroatoms. The summed E-state index contributed by atoms with van der Waals surface area (Å²) in [6.45, 7) is 3.77. The molecule has 2 aromatic carbocycles. The number of carbonyl (C=O) groups excluding carboxylic acids is 1. The van der Waals surface area contributed by atoms with Crippen LogP contribution in [0.2, 0.25) is 0 Å². The van der Waals surface area contributed by atoms with E-state index in [4.69, 9.17) is 18.7 Å². The zero-order valence-corrected chi connectivity index (χ0v) is 18.5. The van der Waals surface area contributed by atoms with Gasteiger partial charge in [-0.25, -0.2) is 0 Å². The van der Waals surface area contributed by atoms with Gasteiger partial charge in [0.2, 0.25) is 11.7 Å². The zero-order chi connectivity index (χ0) is 22.5. The lowest BCUT2D eigenvalue weighted by molar-refractivity contribution is 0.0695. The van der Waals surface area contributed by atoms with E-state index in [2.05, 4.69) is 10.1 Å². The second-order valence-electron chi connectivity index (χ2n) is 7.57. The van der Waals surface area contributed by atoms with Crippen molar-refractivity contribution in [2.24, 2.45) is 0 Å². The van der Waals surface area contributed by atoms with Crippen LogP contribution >= 0.6 is 0 Å². The van der Waals surface area contributed by atoms with Crippen LogP contribution in [0.3, 0.4) is 0 Å². The summed E-state index contributed by atoms with van der Waals surface area (Å²) in [5, 5.41) is 4.15. The van der Waals surface area contributed by atoms with Gasteiger partial charge < -0.3 is 23.6 Å². The summed E-state index contributed by atoms with van der Waals surface area (Å²) in [6, 6.07) is 12.7. The van der Waals surface area contributed by atoms with Crippen LogP contribution in [-0.4, -0.2) is 54.9 Å². The summed E-state index contributed by atoms with van der Waals surface area (Å²) < 4.78 is 21.7. The van der Waals surface area contributed by atoms with Crippen LogP contribution in [0.4, 0.5) is 0 Å². The molecule has 1 amide bonds. The van der Waals surface area contributed by atoms with E-state index in [-0.39, 0.29) is 11.8 Å². The average molecular weight is 437 g/mol. The van der Waals surface area contributed by atoms with Crippen LogP contribution in [0.5, 0.6) is 17.2 Å². The van der Waals surface area contributed by atoms with Gasteiger partial charge in [-0.15, -0.1) is 0 Å². The maximum atomic E-state index is 13.0. The largest absolute Gasteiger partial charge is 0.494 e. The van der Waals surface area contributed by atoms with Crippen molar-refractivity contribution >= 4 is 5.91 Å². The topological polar surface area (TPSA) is 86.9 Å². The van der Waals surface area contributed by atoms with Gasteiger partial charge >= 0.3 is 0 Å². The number of hydrogen-bond acceptors (Lipinski definition) is 7.